The predicted octanol–water partition coefficient (Wildman–Crippen LogP) is 8.71. The molecule has 0 N–H and O–H groups in total. The number of carbonyl (C=O) groups is 2. The van der Waals surface area contributed by atoms with E-state index in [2.05, 4.69) is 22.5 Å². The number of nitrogens with zero attached hydrogens (tertiary/aromatic N) is 2. The zero-order chi connectivity index (χ0) is 24.5. The van der Waals surface area contributed by atoms with Crippen molar-refractivity contribution in [3.8, 4) is 0 Å². The SMILES string of the molecule is O=NC(=O)C1(CCCCCCC/C=C\CCCCCCCC2(C(=O)N=O)CCCC2)CCCC1. The number of nitroso groups, excluding NO2 is 2. The van der Waals surface area contributed by atoms with Gasteiger partial charge in [-0.1, -0.05) is 89.2 Å². The average Bonchev–Trinajstić information content (AvgIpc) is 3.54. The number of unbranched alkanes of at least 4 members (excludes halogenated alkanes) is 10. The Morgan fingerprint density at radius 2 is 0.853 bits per heavy atom. The molecule has 2 saturated carbocycles. The summed E-state index contributed by atoms with van der Waals surface area (Å²) in [6.07, 6.45) is 27.8. The van der Waals surface area contributed by atoms with Crippen molar-refractivity contribution in [2.24, 2.45) is 21.2 Å². The number of allylic oxidation sites excluding steroid dienone is 2. The molecule has 0 aliphatic heterocycles. The van der Waals surface area contributed by atoms with Crippen molar-refractivity contribution in [2.75, 3.05) is 0 Å². The van der Waals surface area contributed by atoms with Gasteiger partial charge in [0.2, 0.25) is 0 Å². The Hall–Kier alpha value is -1.72. The molecule has 0 aromatic rings. The van der Waals surface area contributed by atoms with Crippen LogP contribution in [-0.4, -0.2) is 11.8 Å². The molecule has 192 valence electrons. The third-order valence-corrected chi connectivity index (χ3v) is 8.41. The van der Waals surface area contributed by atoms with Gasteiger partial charge in [-0.2, -0.15) is 0 Å². The first kappa shape index (κ1) is 28.5. The van der Waals surface area contributed by atoms with Crippen molar-refractivity contribution >= 4 is 11.8 Å². The molecule has 0 bridgehead atoms. The van der Waals surface area contributed by atoms with Crippen LogP contribution in [0.2, 0.25) is 0 Å². The Morgan fingerprint density at radius 1 is 0.529 bits per heavy atom. The Kier molecular flexibility index (Phi) is 13.5. The Balaban J connectivity index is 1.39. The van der Waals surface area contributed by atoms with E-state index in [0.29, 0.717) is 0 Å². The van der Waals surface area contributed by atoms with E-state index < -0.39 is 22.6 Å². The fourth-order valence-electron chi connectivity index (χ4n) is 6.19. The van der Waals surface area contributed by atoms with Gasteiger partial charge in [-0.05, 0) is 64.2 Å². The van der Waals surface area contributed by atoms with Gasteiger partial charge in [-0.3, -0.25) is 9.59 Å². The lowest BCUT2D eigenvalue weighted by Crippen LogP contribution is -2.26. The summed E-state index contributed by atoms with van der Waals surface area (Å²) in [6.45, 7) is 0. The van der Waals surface area contributed by atoms with Gasteiger partial charge < -0.3 is 0 Å². The molecule has 6 heteroatoms. The molecule has 2 fully saturated rings. The molecule has 0 spiro atoms. The summed E-state index contributed by atoms with van der Waals surface area (Å²) in [4.78, 5) is 45.2. The van der Waals surface area contributed by atoms with E-state index in [9.17, 15) is 19.4 Å². The lowest BCUT2D eigenvalue weighted by atomic mass is 9.80. The monoisotopic (exact) mass is 474 g/mol. The van der Waals surface area contributed by atoms with Crippen molar-refractivity contribution in [3.05, 3.63) is 22.0 Å². The average molecular weight is 475 g/mol. The highest BCUT2D eigenvalue weighted by molar-refractivity contribution is 5.83. The van der Waals surface area contributed by atoms with Crippen LogP contribution in [0.4, 0.5) is 0 Å². The maximum Gasteiger partial charge on any atom is 0.292 e. The van der Waals surface area contributed by atoms with Gasteiger partial charge in [-0.15, -0.1) is 9.81 Å². The number of rotatable bonds is 18. The molecule has 2 aliphatic rings. The second-order valence-electron chi connectivity index (χ2n) is 10.9. The van der Waals surface area contributed by atoms with Gasteiger partial charge in [0.05, 0.1) is 10.8 Å². The molecule has 0 atom stereocenters. The van der Waals surface area contributed by atoms with Crippen molar-refractivity contribution in [3.63, 3.8) is 0 Å². The molecular weight excluding hydrogens is 428 g/mol. The van der Waals surface area contributed by atoms with Crippen molar-refractivity contribution in [1.29, 1.82) is 0 Å². The summed E-state index contributed by atoms with van der Waals surface area (Å²) in [5, 5.41) is 5.47. The normalized spacial score (nSPS) is 18.9. The number of hydrogen-bond donors (Lipinski definition) is 0. The third kappa shape index (κ3) is 9.14. The zero-order valence-corrected chi connectivity index (χ0v) is 21.2. The quantitative estimate of drug-likeness (QED) is 0.113. The van der Waals surface area contributed by atoms with Crippen molar-refractivity contribution < 1.29 is 9.59 Å². The van der Waals surface area contributed by atoms with Gasteiger partial charge >= 0.3 is 0 Å². The minimum Gasteiger partial charge on any atom is -0.268 e. The second kappa shape index (κ2) is 16.0. The highest BCUT2D eigenvalue weighted by Crippen LogP contribution is 2.44. The van der Waals surface area contributed by atoms with Crippen molar-refractivity contribution in [2.45, 2.75) is 141 Å². The topological polar surface area (TPSA) is 93.0 Å². The molecule has 2 aliphatic carbocycles. The molecule has 0 aromatic carbocycles. The number of amides is 2. The fraction of sp³-hybridized carbons (Fsp3) is 0.857. The van der Waals surface area contributed by atoms with Crippen LogP contribution in [0.1, 0.15) is 141 Å². The zero-order valence-electron chi connectivity index (χ0n) is 21.2. The van der Waals surface area contributed by atoms with E-state index in [1.807, 2.05) is 0 Å². The summed E-state index contributed by atoms with van der Waals surface area (Å²) in [5.41, 5.74) is -0.842. The van der Waals surface area contributed by atoms with Gasteiger partial charge in [0.25, 0.3) is 11.8 Å². The molecule has 34 heavy (non-hydrogen) atoms. The molecule has 6 nitrogen and oxygen atoms in total. The molecule has 2 rings (SSSR count). The Morgan fingerprint density at radius 3 is 1.21 bits per heavy atom. The van der Waals surface area contributed by atoms with Gasteiger partial charge in [0.15, 0.2) is 0 Å². The van der Waals surface area contributed by atoms with Gasteiger partial charge in [-0.25, -0.2) is 0 Å². The van der Waals surface area contributed by atoms with Crippen LogP contribution in [-0.2, 0) is 9.59 Å². The minimum absolute atomic E-state index is 0.406. The molecule has 0 aromatic heterocycles. The number of hydrogen-bond acceptors (Lipinski definition) is 4. The summed E-state index contributed by atoms with van der Waals surface area (Å²) < 4.78 is 0. The van der Waals surface area contributed by atoms with Gasteiger partial charge in [0.1, 0.15) is 0 Å². The first-order valence-electron chi connectivity index (χ1n) is 14.0. The molecule has 0 saturated heterocycles. The van der Waals surface area contributed by atoms with Gasteiger partial charge in [0, 0.05) is 10.4 Å². The summed E-state index contributed by atoms with van der Waals surface area (Å²) in [7, 11) is 0. The fourth-order valence-corrected chi connectivity index (χ4v) is 6.19. The van der Waals surface area contributed by atoms with Crippen LogP contribution in [0.15, 0.2) is 22.5 Å². The van der Waals surface area contributed by atoms with E-state index in [1.165, 1.54) is 38.5 Å². The molecular formula is C28H46N2O4. The van der Waals surface area contributed by atoms with E-state index in [-0.39, 0.29) is 0 Å². The summed E-state index contributed by atoms with van der Waals surface area (Å²) in [6, 6.07) is 0. The second-order valence-corrected chi connectivity index (χ2v) is 10.9. The molecule has 0 unspecified atom stereocenters. The van der Waals surface area contributed by atoms with Crippen molar-refractivity contribution in [1.82, 2.24) is 0 Å². The lowest BCUT2D eigenvalue weighted by Gasteiger charge is -2.23. The Bertz CT molecular complexity index is 605. The van der Waals surface area contributed by atoms with Crippen LogP contribution in [0.25, 0.3) is 0 Å². The van der Waals surface area contributed by atoms with Crippen LogP contribution >= 0.6 is 0 Å². The van der Waals surface area contributed by atoms with E-state index >= 15 is 0 Å². The van der Waals surface area contributed by atoms with E-state index in [1.54, 1.807) is 0 Å². The molecule has 0 radical (unpaired) electrons. The Labute approximate surface area is 206 Å². The lowest BCUT2D eigenvalue weighted by molar-refractivity contribution is -0.128. The standard InChI is InChI=1S/C28H46N2O4/c31-25(29-33)27(21-15-16-22-27)19-13-11-9-7-5-3-1-2-4-6-8-10-12-14-20-28(26(32)30-34)23-17-18-24-28/h1-2H,3-24H2/b2-1-. The van der Waals surface area contributed by atoms with E-state index in [0.717, 1.165) is 103 Å². The first-order valence-corrected chi connectivity index (χ1v) is 14.0. The maximum atomic E-state index is 11.9. The van der Waals surface area contributed by atoms with Crippen LogP contribution in [0, 0.1) is 20.6 Å². The highest BCUT2D eigenvalue weighted by Gasteiger charge is 2.42. The smallest absolute Gasteiger partial charge is 0.268 e. The summed E-state index contributed by atoms with van der Waals surface area (Å²) >= 11 is 0. The minimum atomic E-state index is -0.421. The van der Waals surface area contributed by atoms with E-state index in [4.69, 9.17) is 0 Å². The predicted molar refractivity (Wildman–Crippen MR) is 137 cm³/mol. The number of carbonyl (C=O) groups excluding carboxylic acids is 2. The van der Waals surface area contributed by atoms with Crippen LogP contribution in [0.5, 0.6) is 0 Å². The molecule has 2 amide bonds. The van der Waals surface area contributed by atoms with Crippen LogP contribution < -0.4 is 0 Å². The largest absolute Gasteiger partial charge is 0.292 e. The first-order chi connectivity index (χ1) is 16.6. The van der Waals surface area contributed by atoms with Crippen LogP contribution in [0.3, 0.4) is 0 Å². The maximum absolute atomic E-state index is 11.9. The molecule has 0 heterocycles. The highest BCUT2D eigenvalue weighted by atomic mass is 16.3. The third-order valence-electron chi connectivity index (χ3n) is 8.41. The summed E-state index contributed by atoms with van der Waals surface area (Å²) in [5.74, 6) is -0.813.